The zero-order valence-corrected chi connectivity index (χ0v) is 18.5. The molecule has 2 aromatic carbocycles. The molecule has 1 aliphatic heterocycles. The van der Waals surface area contributed by atoms with Gasteiger partial charge in [0.05, 0.1) is 18.7 Å². The molecule has 3 aromatic rings. The molecule has 162 valence electrons. The number of morpholine rings is 1. The van der Waals surface area contributed by atoms with Gasteiger partial charge in [0.2, 0.25) is 17.6 Å². The highest BCUT2D eigenvalue weighted by Gasteiger charge is 2.38. The SMILES string of the molecule is CC1(C)COC(c2ccccc2)CN1C(=O)CCCc1nc(-c2ccc(Cl)cc2)no1. The van der Waals surface area contributed by atoms with E-state index in [1.165, 1.54) is 0 Å². The van der Waals surface area contributed by atoms with E-state index in [2.05, 4.69) is 10.1 Å². The molecule has 1 amide bonds. The fraction of sp³-hybridized carbons (Fsp3) is 0.375. The largest absolute Gasteiger partial charge is 0.369 e. The number of aryl methyl sites for hydroxylation is 1. The number of benzene rings is 2. The second kappa shape index (κ2) is 9.20. The summed E-state index contributed by atoms with van der Waals surface area (Å²) < 4.78 is 11.4. The van der Waals surface area contributed by atoms with E-state index in [4.69, 9.17) is 20.9 Å². The molecule has 1 aromatic heterocycles. The van der Waals surface area contributed by atoms with Gasteiger partial charge in [0, 0.05) is 23.4 Å². The highest BCUT2D eigenvalue weighted by Crippen LogP contribution is 2.31. The predicted octanol–water partition coefficient (Wildman–Crippen LogP) is 5.09. The van der Waals surface area contributed by atoms with Gasteiger partial charge in [0.1, 0.15) is 6.10 Å². The predicted molar refractivity (Wildman–Crippen MR) is 119 cm³/mol. The Balaban J connectivity index is 1.34. The van der Waals surface area contributed by atoms with E-state index in [1.807, 2.05) is 61.2 Å². The number of rotatable bonds is 6. The second-order valence-electron chi connectivity index (χ2n) is 8.40. The maximum absolute atomic E-state index is 13.0. The van der Waals surface area contributed by atoms with E-state index in [0.717, 1.165) is 11.1 Å². The molecule has 1 fully saturated rings. The number of carbonyl (C=O) groups excluding carboxylic acids is 1. The van der Waals surface area contributed by atoms with Crippen molar-refractivity contribution in [3.05, 3.63) is 71.1 Å². The van der Waals surface area contributed by atoms with Crippen LogP contribution in [-0.2, 0) is 16.0 Å². The quantitative estimate of drug-likeness (QED) is 0.535. The number of aromatic nitrogens is 2. The molecule has 7 heteroatoms. The van der Waals surface area contributed by atoms with Crippen LogP contribution in [0.15, 0.2) is 59.1 Å². The van der Waals surface area contributed by atoms with Gasteiger partial charge in [-0.1, -0.05) is 47.1 Å². The first-order valence-corrected chi connectivity index (χ1v) is 10.9. The molecule has 0 N–H and O–H groups in total. The van der Waals surface area contributed by atoms with Crippen LogP contribution < -0.4 is 0 Å². The first kappa shape index (κ1) is 21.5. The molecular weight excluding hydrogens is 414 g/mol. The number of ether oxygens (including phenoxy) is 1. The summed E-state index contributed by atoms with van der Waals surface area (Å²) in [6.07, 6.45) is 1.52. The summed E-state index contributed by atoms with van der Waals surface area (Å²) in [5.74, 6) is 1.17. The van der Waals surface area contributed by atoms with Crippen LogP contribution in [0.5, 0.6) is 0 Å². The zero-order valence-electron chi connectivity index (χ0n) is 17.8. The molecule has 0 spiro atoms. The molecular formula is C24H26ClN3O3. The minimum absolute atomic E-state index is 0.101. The first-order chi connectivity index (χ1) is 14.9. The number of hydrogen-bond donors (Lipinski definition) is 0. The van der Waals surface area contributed by atoms with Crippen LogP contribution in [0.1, 0.15) is 44.2 Å². The number of carbonyl (C=O) groups is 1. The maximum atomic E-state index is 13.0. The van der Waals surface area contributed by atoms with Gasteiger partial charge < -0.3 is 14.2 Å². The van der Waals surface area contributed by atoms with Gasteiger partial charge in [-0.25, -0.2) is 0 Å². The Morgan fingerprint density at radius 1 is 1.16 bits per heavy atom. The Hall–Kier alpha value is -2.70. The van der Waals surface area contributed by atoms with Crippen LogP contribution in [0.2, 0.25) is 5.02 Å². The first-order valence-electron chi connectivity index (χ1n) is 10.5. The van der Waals surface area contributed by atoms with Crippen LogP contribution in [0.25, 0.3) is 11.4 Å². The number of halogens is 1. The molecule has 31 heavy (non-hydrogen) atoms. The van der Waals surface area contributed by atoms with Crippen molar-refractivity contribution in [1.82, 2.24) is 15.0 Å². The number of nitrogens with zero attached hydrogens (tertiary/aromatic N) is 3. The molecule has 4 rings (SSSR count). The maximum Gasteiger partial charge on any atom is 0.226 e. The summed E-state index contributed by atoms with van der Waals surface area (Å²) in [6.45, 7) is 5.15. The summed E-state index contributed by atoms with van der Waals surface area (Å²) in [5.41, 5.74) is 1.60. The molecule has 6 nitrogen and oxygen atoms in total. The third kappa shape index (κ3) is 5.14. The smallest absolute Gasteiger partial charge is 0.226 e. The van der Waals surface area contributed by atoms with Crippen LogP contribution >= 0.6 is 11.6 Å². The van der Waals surface area contributed by atoms with E-state index in [-0.39, 0.29) is 17.6 Å². The van der Waals surface area contributed by atoms with Crippen molar-refractivity contribution in [2.45, 2.75) is 44.8 Å². The average molecular weight is 440 g/mol. The number of amides is 1. The van der Waals surface area contributed by atoms with Gasteiger partial charge in [-0.05, 0) is 50.1 Å². The fourth-order valence-corrected chi connectivity index (χ4v) is 3.88. The van der Waals surface area contributed by atoms with Crippen molar-refractivity contribution in [1.29, 1.82) is 0 Å². The summed E-state index contributed by atoms with van der Waals surface area (Å²) in [6, 6.07) is 17.3. The van der Waals surface area contributed by atoms with Crippen LogP contribution in [0, 0.1) is 0 Å². The van der Waals surface area contributed by atoms with Crippen molar-refractivity contribution >= 4 is 17.5 Å². The molecule has 0 saturated carbocycles. The monoisotopic (exact) mass is 439 g/mol. The van der Waals surface area contributed by atoms with Crippen molar-refractivity contribution in [3.8, 4) is 11.4 Å². The Morgan fingerprint density at radius 3 is 2.65 bits per heavy atom. The Morgan fingerprint density at radius 2 is 1.90 bits per heavy atom. The molecule has 1 aliphatic rings. The van der Waals surface area contributed by atoms with Crippen LogP contribution in [0.4, 0.5) is 0 Å². The van der Waals surface area contributed by atoms with Crippen LogP contribution in [0.3, 0.4) is 0 Å². The van der Waals surface area contributed by atoms with Crippen molar-refractivity contribution < 1.29 is 14.1 Å². The standard InChI is InChI=1S/C24H26ClN3O3/c1-24(2)16-30-20(17-7-4-3-5-8-17)15-28(24)22(29)10-6-9-21-26-23(27-31-21)18-11-13-19(25)14-12-18/h3-5,7-8,11-14,20H,6,9-10,15-16H2,1-2H3. The summed E-state index contributed by atoms with van der Waals surface area (Å²) in [7, 11) is 0. The molecule has 2 heterocycles. The van der Waals surface area contributed by atoms with Crippen molar-refractivity contribution in [2.24, 2.45) is 0 Å². The number of hydrogen-bond acceptors (Lipinski definition) is 5. The molecule has 0 radical (unpaired) electrons. The van der Waals surface area contributed by atoms with Crippen molar-refractivity contribution in [2.75, 3.05) is 13.2 Å². The fourth-order valence-electron chi connectivity index (χ4n) is 3.76. The minimum Gasteiger partial charge on any atom is -0.369 e. The molecule has 0 bridgehead atoms. The normalized spacial score (nSPS) is 18.2. The lowest BCUT2D eigenvalue weighted by Gasteiger charge is -2.45. The molecule has 1 atom stereocenters. The van der Waals surface area contributed by atoms with Crippen molar-refractivity contribution in [3.63, 3.8) is 0 Å². The van der Waals surface area contributed by atoms with E-state index < -0.39 is 0 Å². The van der Waals surface area contributed by atoms with E-state index in [9.17, 15) is 4.79 Å². The minimum atomic E-state index is -0.339. The highest BCUT2D eigenvalue weighted by atomic mass is 35.5. The zero-order chi connectivity index (χ0) is 21.8. The Kier molecular flexibility index (Phi) is 6.39. The van der Waals surface area contributed by atoms with E-state index >= 15 is 0 Å². The third-order valence-corrected chi connectivity index (χ3v) is 5.79. The van der Waals surface area contributed by atoms with E-state index in [0.29, 0.717) is 49.2 Å². The third-order valence-electron chi connectivity index (χ3n) is 5.54. The summed E-state index contributed by atoms with van der Waals surface area (Å²) in [4.78, 5) is 19.4. The average Bonchev–Trinajstić information content (AvgIpc) is 3.23. The molecule has 1 unspecified atom stereocenters. The van der Waals surface area contributed by atoms with Crippen LogP contribution in [-0.4, -0.2) is 39.6 Å². The van der Waals surface area contributed by atoms with Gasteiger partial charge in [-0.3, -0.25) is 4.79 Å². The molecule has 1 saturated heterocycles. The second-order valence-corrected chi connectivity index (χ2v) is 8.84. The highest BCUT2D eigenvalue weighted by molar-refractivity contribution is 6.30. The van der Waals surface area contributed by atoms with Gasteiger partial charge in [0.15, 0.2) is 0 Å². The Labute approximate surface area is 187 Å². The lowest BCUT2D eigenvalue weighted by molar-refractivity contribution is -0.155. The van der Waals surface area contributed by atoms with E-state index in [1.54, 1.807) is 12.1 Å². The van der Waals surface area contributed by atoms with Gasteiger partial charge in [-0.15, -0.1) is 0 Å². The summed E-state index contributed by atoms with van der Waals surface area (Å²) >= 11 is 5.92. The van der Waals surface area contributed by atoms with Gasteiger partial charge in [-0.2, -0.15) is 4.98 Å². The van der Waals surface area contributed by atoms with Gasteiger partial charge in [0.25, 0.3) is 0 Å². The lowest BCUT2D eigenvalue weighted by Crippen LogP contribution is -2.56. The Bertz CT molecular complexity index is 1020. The topological polar surface area (TPSA) is 68.5 Å². The lowest BCUT2D eigenvalue weighted by atomic mass is 9.97. The molecule has 0 aliphatic carbocycles. The van der Waals surface area contributed by atoms with Gasteiger partial charge >= 0.3 is 0 Å². The summed E-state index contributed by atoms with van der Waals surface area (Å²) in [5, 5.41) is 4.69.